The molecule has 1 amide bonds. The number of likely N-dealkylation sites (tertiary alicyclic amines) is 1. The molecule has 0 bridgehead atoms. The SMILES string of the molecule is COc1cccc([C@@H]2C(=C(O)c3ccc(C)cc3)C(=O)C(=O)N2CCCN(C)C)c1. The highest BCUT2D eigenvalue weighted by molar-refractivity contribution is 6.46. The first-order chi connectivity index (χ1) is 14.3. The Morgan fingerprint density at radius 1 is 1.13 bits per heavy atom. The van der Waals surface area contributed by atoms with Crippen molar-refractivity contribution in [3.63, 3.8) is 0 Å². The van der Waals surface area contributed by atoms with Gasteiger partial charge in [-0.25, -0.2) is 0 Å². The Morgan fingerprint density at radius 2 is 1.83 bits per heavy atom. The van der Waals surface area contributed by atoms with Gasteiger partial charge in [-0.15, -0.1) is 0 Å². The predicted molar refractivity (Wildman–Crippen MR) is 116 cm³/mol. The Morgan fingerprint density at radius 3 is 2.47 bits per heavy atom. The molecular weight excluding hydrogens is 380 g/mol. The summed E-state index contributed by atoms with van der Waals surface area (Å²) in [6, 6.07) is 13.9. The van der Waals surface area contributed by atoms with Gasteiger partial charge in [0.1, 0.15) is 11.5 Å². The lowest BCUT2D eigenvalue weighted by Gasteiger charge is -2.26. The number of nitrogens with zero attached hydrogens (tertiary/aromatic N) is 2. The first-order valence-corrected chi connectivity index (χ1v) is 9.97. The Bertz CT molecular complexity index is 963. The summed E-state index contributed by atoms with van der Waals surface area (Å²) in [7, 11) is 5.50. The van der Waals surface area contributed by atoms with Crippen molar-refractivity contribution in [1.29, 1.82) is 0 Å². The average Bonchev–Trinajstić information content (AvgIpc) is 2.98. The van der Waals surface area contributed by atoms with Crippen LogP contribution in [-0.4, -0.2) is 60.9 Å². The molecule has 30 heavy (non-hydrogen) atoms. The van der Waals surface area contributed by atoms with Gasteiger partial charge in [0.2, 0.25) is 0 Å². The van der Waals surface area contributed by atoms with Crippen LogP contribution in [-0.2, 0) is 9.59 Å². The fourth-order valence-electron chi connectivity index (χ4n) is 3.69. The summed E-state index contributed by atoms with van der Waals surface area (Å²) < 4.78 is 5.34. The molecule has 1 N–H and O–H groups in total. The van der Waals surface area contributed by atoms with Crippen LogP contribution in [0.25, 0.3) is 5.76 Å². The van der Waals surface area contributed by atoms with Crippen LogP contribution in [0.15, 0.2) is 54.1 Å². The second-order valence-electron chi connectivity index (χ2n) is 7.79. The van der Waals surface area contributed by atoms with Crippen molar-refractivity contribution >= 4 is 17.4 Å². The lowest BCUT2D eigenvalue weighted by Crippen LogP contribution is -2.32. The highest BCUT2D eigenvalue weighted by Crippen LogP contribution is 2.40. The summed E-state index contributed by atoms with van der Waals surface area (Å²) >= 11 is 0. The Balaban J connectivity index is 2.10. The smallest absolute Gasteiger partial charge is 0.295 e. The summed E-state index contributed by atoms with van der Waals surface area (Å²) in [5.74, 6) is -0.779. The minimum Gasteiger partial charge on any atom is -0.507 e. The van der Waals surface area contributed by atoms with Crippen LogP contribution >= 0.6 is 0 Å². The van der Waals surface area contributed by atoms with Crippen molar-refractivity contribution in [1.82, 2.24) is 9.80 Å². The van der Waals surface area contributed by atoms with Crippen LogP contribution in [0.3, 0.4) is 0 Å². The van der Waals surface area contributed by atoms with Crippen LogP contribution in [0.1, 0.15) is 29.2 Å². The maximum Gasteiger partial charge on any atom is 0.295 e. The molecule has 0 spiro atoms. The van der Waals surface area contributed by atoms with E-state index in [9.17, 15) is 14.7 Å². The molecule has 6 nitrogen and oxygen atoms in total. The molecule has 6 heteroatoms. The molecule has 0 aromatic heterocycles. The monoisotopic (exact) mass is 408 g/mol. The van der Waals surface area contributed by atoms with Crippen molar-refractivity contribution < 1.29 is 19.4 Å². The topological polar surface area (TPSA) is 70.1 Å². The van der Waals surface area contributed by atoms with E-state index in [1.54, 1.807) is 30.2 Å². The third kappa shape index (κ3) is 4.39. The van der Waals surface area contributed by atoms with Crippen LogP contribution < -0.4 is 4.74 Å². The normalized spacial score (nSPS) is 18.3. The van der Waals surface area contributed by atoms with E-state index in [-0.39, 0.29) is 11.3 Å². The lowest BCUT2D eigenvalue weighted by atomic mass is 9.95. The maximum atomic E-state index is 13.0. The molecule has 2 aromatic carbocycles. The molecule has 0 saturated carbocycles. The number of Topliss-reactive ketones (excluding diaryl/α,β-unsaturated/α-hetero) is 1. The van der Waals surface area contributed by atoms with Gasteiger partial charge < -0.3 is 19.6 Å². The Labute approximate surface area is 177 Å². The number of aliphatic hydroxyl groups is 1. The number of rotatable bonds is 7. The fourth-order valence-corrected chi connectivity index (χ4v) is 3.69. The minimum atomic E-state index is -0.663. The maximum absolute atomic E-state index is 13.0. The zero-order chi connectivity index (χ0) is 21.8. The van der Waals surface area contributed by atoms with E-state index in [4.69, 9.17) is 4.74 Å². The van der Waals surface area contributed by atoms with E-state index >= 15 is 0 Å². The summed E-state index contributed by atoms with van der Waals surface area (Å²) in [4.78, 5) is 29.5. The highest BCUT2D eigenvalue weighted by Gasteiger charge is 2.45. The second kappa shape index (κ2) is 9.13. The standard InChI is InChI=1S/C24H28N2O4/c1-16-9-11-17(12-10-16)22(27)20-21(18-7-5-8-19(15-18)30-4)26(24(29)23(20)28)14-6-13-25(2)3/h5,7-12,15,21,27H,6,13-14H2,1-4H3/t21-/m1/s1. The average molecular weight is 408 g/mol. The Kier molecular flexibility index (Phi) is 6.57. The zero-order valence-electron chi connectivity index (χ0n) is 17.9. The van der Waals surface area contributed by atoms with Gasteiger partial charge in [0.15, 0.2) is 0 Å². The van der Waals surface area contributed by atoms with Gasteiger partial charge in [-0.2, -0.15) is 0 Å². The van der Waals surface area contributed by atoms with Gasteiger partial charge in [-0.3, -0.25) is 9.59 Å². The Hall–Kier alpha value is -3.12. The number of methoxy groups -OCH3 is 1. The van der Waals surface area contributed by atoms with Gasteiger partial charge in [0.05, 0.1) is 18.7 Å². The lowest BCUT2D eigenvalue weighted by molar-refractivity contribution is -0.139. The number of aliphatic hydroxyl groups excluding tert-OH is 1. The third-order valence-corrected chi connectivity index (χ3v) is 5.28. The fraction of sp³-hybridized carbons (Fsp3) is 0.333. The number of carbonyl (C=O) groups is 2. The summed E-state index contributed by atoms with van der Waals surface area (Å²) in [5.41, 5.74) is 2.40. The molecular formula is C24H28N2O4. The molecule has 3 rings (SSSR count). The first kappa shape index (κ1) is 21.6. The van der Waals surface area contributed by atoms with Crippen LogP contribution in [0.5, 0.6) is 5.75 Å². The van der Waals surface area contributed by atoms with E-state index in [1.807, 2.05) is 56.3 Å². The van der Waals surface area contributed by atoms with Crippen molar-refractivity contribution in [2.45, 2.75) is 19.4 Å². The van der Waals surface area contributed by atoms with Crippen molar-refractivity contribution in [2.24, 2.45) is 0 Å². The molecule has 1 saturated heterocycles. The number of aryl methyl sites for hydroxylation is 1. The van der Waals surface area contributed by atoms with E-state index in [2.05, 4.69) is 0 Å². The molecule has 0 unspecified atom stereocenters. The molecule has 1 aliphatic heterocycles. The van der Waals surface area contributed by atoms with Gasteiger partial charge in [-0.05, 0) is 51.7 Å². The van der Waals surface area contributed by atoms with E-state index < -0.39 is 17.7 Å². The number of ether oxygens (including phenoxy) is 1. The van der Waals surface area contributed by atoms with Crippen molar-refractivity contribution in [3.8, 4) is 5.75 Å². The summed E-state index contributed by atoms with van der Waals surface area (Å²) in [6.07, 6.45) is 0.713. The zero-order valence-corrected chi connectivity index (χ0v) is 17.9. The molecule has 0 aliphatic carbocycles. The number of carbonyl (C=O) groups excluding carboxylic acids is 2. The predicted octanol–water partition coefficient (Wildman–Crippen LogP) is 3.38. The van der Waals surface area contributed by atoms with Crippen LogP contribution in [0.2, 0.25) is 0 Å². The molecule has 2 aromatic rings. The third-order valence-electron chi connectivity index (χ3n) is 5.28. The van der Waals surface area contributed by atoms with Gasteiger partial charge >= 0.3 is 0 Å². The van der Waals surface area contributed by atoms with Crippen LogP contribution in [0.4, 0.5) is 0 Å². The number of hydrogen-bond acceptors (Lipinski definition) is 5. The second-order valence-corrected chi connectivity index (χ2v) is 7.79. The largest absolute Gasteiger partial charge is 0.507 e. The molecule has 0 radical (unpaired) electrons. The minimum absolute atomic E-state index is 0.113. The highest BCUT2D eigenvalue weighted by atomic mass is 16.5. The molecule has 1 aliphatic rings. The number of ketones is 1. The van der Waals surface area contributed by atoms with E-state index in [0.29, 0.717) is 24.3 Å². The number of benzene rings is 2. The van der Waals surface area contributed by atoms with Crippen molar-refractivity contribution in [2.75, 3.05) is 34.3 Å². The van der Waals surface area contributed by atoms with E-state index in [0.717, 1.165) is 17.7 Å². The molecule has 1 heterocycles. The number of amides is 1. The molecule has 1 fully saturated rings. The van der Waals surface area contributed by atoms with Gasteiger partial charge in [-0.1, -0.05) is 42.0 Å². The summed E-state index contributed by atoms with van der Waals surface area (Å²) in [6.45, 7) is 3.14. The van der Waals surface area contributed by atoms with Gasteiger partial charge in [0, 0.05) is 12.1 Å². The molecule has 1 atom stereocenters. The van der Waals surface area contributed by atoms with Gasteiger partial charge in [0.25, 0.3) is 11.7 Å². The molecule has 158 valence electrons. The number of hydrogen-bond donors (Lipinski definition) is 1. The van der Waals surface area contributed by atoms with Crippen LogP contribution in [0, 0.1) is 6.92 Å². The summed E-state index contributed by atoms with van der Waals surface area (Å²) in [5, 5.41) is 11.0. The van der Waals surface area contributed by atoms with Crippen molar-refractivity contribution in [3.05, 3.63) is 70.8 Å². The van der Waals surface area contributed by atoms with E-state index in [1.165, 1.54) is 0 Å². The first-order valence-electron chi connectivity index (χ1n) is 9.97. The quantitative estimate of drug-likeness (QED) is 0.432.